The number of carbonyl (C=O) groups is 4. The summed E-state index contributed by atoms with van der Waals surface area (Å²) < 4.78 is 0. The molecule has 2 aromatic rings. The third-order valence-corrected chi connectivity index (χ3v) is 5.23. The molecule has 1 aromatic carbocycles. The molecule has 0 atom stereocenters. The van der Waals surface area contributed by atoms with Crippen molar-refractivity contribution in [3.05, 3.63) is 65.5 Å². The summed E-state index contributed by atoms with van der Waals surface area (Å²) in [5.41, 5.74) is 1.15. The van der Waals surface area contributed by atoms with Crippen LogP contribution in [0, 0.1) is 0 Å². The summed E-state index contributed by atoms with van der Waals surface area (Å²) in [4.78, 5) is 58.3. The Morgan fingerprint density at radius 1 is 0.828 bits per heavy atom. The highest BCUT2D eigenvalue weighted by atomic mass is 16.2. The van der Waals surface area contributed by atoms with Gasteiger partial charge in [-0.1, -0.05) is 18.2 Å². The molecule has 148 valence electrons. The molecule has 0 N–H and O–H groups in total. The zero-order chi connectivity index (χ0) is 20.4. The summed E-state index contributed by atoms with van der Waals surface area (Å²) in [7, 11) is 0. The summed E-state index contributed by atoms with van der Waals surface area (Å²) in [6, 6.07) is 11.8. The summed E-state index contributed by atoms with van der Waals surface area (Å²) in [5, 5.41) is 0. The number of piperazine rings is 1. The van der Waals surface area contributed by atoms with Crippen molar-refractivity contribution in [3.8, 4) is 0 Å². The number of hydrogen-bond acceptors (Lipinski definition) is 5. The number of aromatic nitrogens is 1. The second-order valence-electron chi connectivity index (χ2n) is 6.95. The van der Waals surface area contributed by atoms with Gasteiger partial charge in [-0.25, -0.2) is 0 Å². The Morgan fingerprint density at radius 2 is 1.41 bits per heavy atom. The number of hydrogen-bond donors (Lipinski definition) is 0. The molecule has 8 heteroatoms. The molecule has 1 fully saturated rings. The van der Waals surface area contributed by atoms with Crippen molar-refractivity contribution >= 4 is 23.6 Å². The van der Waals surface area contributed by atoms with E-state index in [1.54, 1.807) is 58.5 Å². The van der Waals surface area contributed by atoms with Crippen LogP contribution in [0.15, 0.2) is 48.7 Å². The van der Waals surface area contributed by atoms with Crippen LogP contribution in [-0.4, -0.2) is 76.0 Å². The number of benzene rings is 1. The van der Waals surface area contributed by atoms with E-state index in [1.807, 2.05) is 0 Å². The fraction of sp³-hybridized carbons (Fsp3) is 0.286. The molecule has 29 heavy (non-hydrogen) atoms. The van der Waals surface area contributed by atoms with Crippen LogP contribution in [0.5, 0.6) is 0 Å². The second kappa shape index (κ2) is 7.83. The molecule has 0 spiro atoms. The van der Waals surface area contributed by atoms with Crippen LogP contribution in [0.4, 0.5) is 0 Å². The predicted molar refractivity (Wildman–Crippen MR) is 103 cm³/mol. The highest BCUT2D eigenvalue weighted by Crippen LogP contribution is 2.22. The standard InChI is InChI=1S/C21H20N4O4/c26-18(8-10-25-19(27)15-5-1-2-6-16(15)20(25)28)23-11-13-24(14-12-23)21(29)17-7-3-4-9-22-17/h1-7,9H,8,10-14H2. The number of imide groups is 1. The molecular formula is C21H20N4O4. The Balaban J connectivity index is 1.29. The van der Waals surface area contributed by atoms with Gasteiger partial charge in [0.2, 0.25) is 5.91 Å². The third-order valence-electron chi connectivity index (χ3n) is 5.23. The van der Waals surface area contributed by atoms with E-state index < -0.39 is 0 Å². The molecule has 3 heterocycles. The Kier molecular flexibility index (Phi) is 5.07. The lowest BCUT2D eigenvalue weighted by molar-refractivity contribution is -0.132. The van der Waals surface area contributed by atoms with Crippen molar-refractivity contribution in [2.75, 3.05) is 32.7 Å². The minimum atomic E-state index is -0.357. The fourth-order valence-electron chi connectivity index (χ4n) is 3.62. The minimum absolute atomic E-state index is 0.0538. The first-order valence-electron chi connectivity index (χ1n) is 9.49. The quantitative estimate of drug-likeness (QED) is 0.726. The summed E-state index contributed by atoms with van der Waals surface area (Å²) in [5.74, 6) is -0.997. The number of pyridine rings is 1. The highest BCUT2D eigenvalue weighted by Gasteiger charge is 2.35. The van der Waals surface area contributed by atoms with Crippen molar-refractivity contribution in [1.82, 2.24) is 19.7 Å². The monoisotopic (exact) mass is 392 g/mol. The molecule has 4 amide bonds. The molecule has 0 unspecified atom stereocenters. The number of amides is 4. The smallest absolute Gasteiger partial charge is 0.272 e. The molecule has 0 saturated carbocycles. The summed E-state index contributed by atoms with van der Waals surface area (Å²) >= 11 is 0. The predicted octanol–water partition coefficient (Wildman–Crippen LogP) is 1.05. The number of carbonyl (C=O) groups excluding carboxylic acids is 4. The second-order valence-corrected chi connectivity index (χ2v) is 6.95. The zero-order valence-corrected chi connectivity index (χ0v) is 15.8. The van der Waals surface area contributed by atoms with Gasteiger partial charge in [-0.15, -0.1) is 0 Å². The van der Waals surface area contributed by atoms with Crippen LogP contribution in [0.3, 0.4) is 0 Å². The lowest BCUT2D eigenvalue weighted by Crippen LogP contribution is -2.51. The van der Waals surface area contributed by atoms with Crippen molar-refractivity contribution in [2.24, 2.45) is 0 Å². The first kappa shape index (κ1) is 18.8. The lowest BCUT2D eigenvalue weighted by atomic mass is 10.1. The maximum absolute atomic E-state index is 12.5. The average Bonchev–Trinajstić information content (AvgIpc) is 3.02. The zero-order valence-electron chi connectivity index (χ0n) is 15.8. The molecule has 0 radical (unpaired) electrons. The van der Waals surface area contributed by atoms with Crippen molar-refractivity contribution < 1.29 is 19.2 Å². The van der Waals surface area contributed by atoms with E-state index in [9.17, 15) is 19.2 Å². The summed E-state index contributed by atoms with van der Waals surface area (Å²) in [6.45, 7) is 1.74. The summed E-state index contributed by atoms with van der Waals surface area (Å²) in [6.07, 6.45) is 1.64. The lowest BCUT2D eigenvalue weighted by Gasteiger charge is -2.34. The highest BCUT2D eigenvalue weighted by molar-refractivity contribution is 6.21. The molecule has 2 aliphatic heterocycles. The van der Waals surface area contributed by atoms with Crippen LogP contribution >= 0.6 is 0 Å². The molecular weight excluding hydrogens is 372 g/mol. The Hall–Kier alpha value is -3.55. The van der Waals surface area contributed by atoms with Crippen molar-refractivity contribution in [1.29, 1.82) is 0 Å². The van der Waals surface area contributed by atoms with Crippen molar-refractivity contribution in [3.63, 3.8) is 0 Å². The van der Waals surface area contributed by atoms with E-state index in [4.69, 9.17) is 0 Å². The molecule has 1 aromatic heterocycles. The van der Waals surface area contributed by atoms with E-state index in [0.29, 0.717) is 43.0 Å². The van der Waals surface area contributed by atoms with E-state index >= 15 is 0 Å². The van der Waals surface area contributed by atoms with E-state index in [1.165, 1.54) is 0 Å². The van der Waals surface area contributed by atoms with Gasteiger partial charge in [-0.3, -0.25) is 29.1 Å². The van der Waals surface area contributed by atoms with Gasteiger partial charge in [0.05, 0.1) is 11.1 Å². The SMILES string of the molecule is O=C(CCN1C(=O)c2ccccc2C1=O)N1CCN(C(=O)c2ccccn2)CC1. The molecule has 8 nitrogen and oxygen atoms in total. The average molecular weight is 392 g/mol. The number of rotatable bonds is 4. The Bertz CT molecular complexity index is 933. The largest absolute Gasteiger partial charge is 0.339 e. The Morgan fingerprint density at radius 3 is 2.00 bits per heavy atom. The van der Waals surface area contributed by atoms with Gasteiger partial charge in [0.25, 0.3) is 17.7 Å². The normalized spacial score (nSPS) is 16.2. The van der Waals surface area contributed by atoms with Crippen LogP contribution in [-0.2, 0) is 4.79 Å². The van der Waals surface area contributed by atoms with E-state index in [2.05, 4.69) is 4.98 Å². The maximum Gasteiger partial charge on any atom is 0.272 e. The molecule has 0 bridgehead atoms. The molecule has 4 rings (SSSR count). The van der Waals surface area contributed by atoms with Gasteiger partial charge >= 0.3 is 0 Å². The third kappa shape index (κ3) is 3.61. The van der Waals surface area contributed by atoms with Crippen LogP contribution in [0.1, 0.15) is 37.6 Å². The Labute approximate surface area is 167 Å². The molecule has 1 saturated heterocycles. The van der Waals surface area contributed by atoms with Gasteiger partial charge < -0.3 is 9.80 Å². The molecule has 2 aliphatic rings. The van der Waals surface area contributed by atoms with Gasteiger partial charge in [-0.2, -0.15) is 0 Å². The van der Waals surface area contributed by atoms with E-state index in [0.717, 1.165) is 4.90 Å². The fourth-order valence-corrected chi connectivity index (χ4v) is 3.62. The van der Waals surface area contributed by atoms with Gasteiger partial charge in [-0.05, 0) is 24.3 Å². The number of nitrogens with zero attached hydrogens (tertiary/aromatic N) is 4. The molecule has 0 aliphatic carbocycles. The minimum Gasteiger partial charge on any atom is -0.339 e. The topological polar surface area (TPSA) is 90.9 Å². The van der Waals surface area contributed by atoms with Gasteiger partial charge in [0.1, 0.15) is 5.69 Å². The number of fused-ring (bicyclic) bond motifs is 1. The first-order chi connectivity index (χ1) is 14.1. The van der Waals surface area contributed by atoms with Crippen LogP contribution < -0.4 is 0 Å². The van der Waals surface area contributed by atoms with Crippen LogP contribution in [0.2, 0.25) is 0 Å². The maximum atomic E-state index is 12.5. The first-order valence-corrected chi connectivity index (χ1v) is 9.49. The van der Waals surface area contributed by atoms with Crippen LogP contribution in [0.25, 0.3) is 0 Å². The van der Waals surface area contributed by atoms with Crippen molar-refractivity contribution in [2.45, 2.75) is 6.42 Å². The van der Waals surface area contributed by atoms with E-state index in [-0.39, 0.29) is 36.6 Å². The van der Waals surface area contributed by atoms with Gasteiger partial charge in [0, 0.05) is 45.3 Å². The van der Waals surface area contributed by atoms with Gasteiger partial charge in [0.15, 0.2) is 0 Å².